The highest BCUT2D eigenvalue weighted by molar-refractivity contribution is 5.76. The molecule has 0 N–H and O–H groups in total. The number of nitrogens with zero attached hydrogens (tertiary/aromatic N) is 1. The zero-order valence-electron chi connectivity index (χ0n) is 11.1. The normalized spacial score (nSPS) is 18.5. The third-order valence-electron chi connectivity index (χ3n) is 3.95. The summed E-state index contributed by atoms with van der Waals surface area (Å²) in [7, 11) is 1.92. The summed E-state index contributed by atoms with van der Waals surface area (Å²) in [5.74, 6) is 0.801. The molecule has 1 fully saturated rings. The highest BCUT2D eigenvalue weighted by atomic mass is 16.5. The van der Waals surface area contributed by atoms with Crippen molar-refractivity contribution in [3.63, 3.8) is 0 Å². The molecule has 1 heterocycles. The van der Waals surface area contributed by atoms with Crippen LogP contribution in [0.2, 0.25) is 0 Å². The van der Waals surface area contributed by atoms with Crippen LogP contribution in [0.15, 0.2) is 0 Å². The van der Waals surface area contributed by atoms with Gasteiger partial charge < -0.3 is 9.64 Å². The molecule has 1 rings (SSSR count). The Morgan fingerprint density at radius 3 is 2.44 bits per heavy atom. The third-order valence-corrected chi connectivity index (χ3v) is 3.95. The van der Waals surface area contributed by atoms with Gasteiger partial charge in [-0.15, -0.1) is 0 Å². The molecule has 0 spiro atoms. The zero-order chi connectivity index (χ0) is 12.2. The van der Waals surface area contributed by atoms with Crippen LogP contribution >= 0.6 is 0 Å². The molecule has 0 bridgehead atoms. The van der Waals surface area contributed by atoms with Crippen molar-refractivity contribution in [2.24, 2.45) is 5.92 Å². The summed E-state index contributed by atoms with van der Waals surface area (Å²) in [5.41, 5.74) is -0.0255. The van der Waals surface area contributed by atoms with E-state index in [1.54, 1.807) is 0 Å². The summed E-state index contributed by atoms with van der Waals surface area (Å²) in [4.78, 5) is 14.0. The van der Waals surface area contributed by atoms with Gasteiger partial charge in [0.15, 0.2) is 0 Å². The average Bonchev–Trinajstić information content (AvgIpc) is 2.29. The van der Waals surface area contributed by atoms with Gasteiger partial charge in [0.2, 0.25) is 5.91 Å². The Hall–Kier alpha value is -0.570. The molecule has 0 radical (unpaired) electrons. The predicted molar refractivity (Wildman–Crippen MR) is 65.3 cm³/mol. The molecule has 1 aliphatic rings. The first-order valence-electron chi connectivity index (χ1n) is 6.31. The van der Waals surface area contributed by atoms with E-state index in [2.05, 4.69) is 20.8 Å². The van der Waals surface area contributed by atoms with E-state index >= 15 is 0 Å². The maximum absolute atomic E-state index is 12.1. The fourth-order valence-corrected chi connectivity index (χ4v) is 1.91. The molecule has 0 aromatic carbocycles. The molecular formula is C13H25NO2. The lowest BCUT2D eigenvalue weighted by atomic mass is 9.93. The smallest absolute Gasteiger partial charge is 0.223 e. The minimum Gasteiger partial charge on any atom is -0.381 e. The Kier molecular flexibility index (Phi) is 4.78. The quantitative estimate of drug-likeness (QED) is 0.738. The van der Waals surface area contributed by atoms with E-state index in [0.29, 0.717) is 12.3 Å². The van der Waals surface area contributed by atoms with E-state index in [0.717, 1.165) is 32.5 Å². The van der Waals surface area contributed by atoms with Crippen LogP contribution in [0.4, 0.5) is 0 Å². The van der Waals surface area contributed by atoms with Gasteiger partial charge in [-0.2, -0.15) is 0 Å². The van der Waals surface area contributed by atoms with Crippen molar-refractivity contribution >= 4 is 5.91 Å². The lowest BCUT2D eigenvalue weighted by Gasteiger charge is -2.36. The first-order valence-corrected chi connectivity index (χ1v) is 6.31. The lowest BCUT2D eigenvalue weighted by molar-refractivity contribution is -0.136. The number of amides is 1. The topological polar surface area (TPSA) is 29.5 Å². The van der Waals surface area contributed by atoms with Gasteiger partial charge in [-0.25, -0.2) is 0 Å². The Bertz CT molecular complexity index is 232. The van der Waals surface area contributed by atoms with Gasteiger partial charge in [0, 0.05) is 32.2 Å². The molecule has 0 aliphatic carbocycles. The number of carbonyl (C=O) groups excluding carboxylic acids is 1. The van der Waals surface area contributed by atoms with Crippen molar-refractivity contribution in [3.8, 4) is 0 Å². The molecule has 0 saturated carbocycles. The largest absolute Gasteiger partial charge is 0.381 e. The maximum atomic E-state index is 12.1. The summed E-state index contributed by atoms with van der Waals surface area (Å²) in [5, 5.41) is 0. The Morgan fingerprint density at radius 2 is 1.94 bits per heavy atom. The maximum Gasteiger partial charge on any atom is 0.223 e. The lowest BCUT2D eigenvalue weighted by Crippen LogP contribution is -2.45. The Morgan fingerprint density at radius 1 is 1.38 bits per heavy atom. The van der Waals surface area contributed by atoms with Crippen LogP contribution in [0, 0.1) is 5.92 Å². The van der Waals surface area contributed by atoms with E-state index in [1.165, 1.54) is 0 Å². The molecule has 1 aliphatic heterocycles. The highest BCUT2D eigenvalue weighted by Crippen LogP contribution is 2.23. The van der Waals surface area contributed by atoms with Gasteiger partial charge >= 0.3 is 0 Å². The number of carbonyl (C=O) groups is 1. The van der Waals surface area contributed by atoms with Gasteiger partial charge in [-0.3, -0.25) is 4.79 Å². The summed E-state index contributed by atoms with van der Waals surface area (Å²) < 4.78 is 5.31. The molecule has 94 valence electrons. The Balaban J connectivity index is 2.44. The fourth-order valence-electron chi connectivity index (χ4n) is 1.91. The second kappa shape index (κ2) is 5.67. The van der Waals surface area contributed by atoms with E-state index in [4.69, 9.17) is 4.74 Å². The summed E-state index contributed by atoms with van der Waals surface area (Å²) >= 11 is 0. The van der Waals surface area contributed by atoms with Crippen molar-refractivity contribution in [3.05, 3.63) is 0 Å². The van der Waals surface area contributed by atoms with Crippen LogP contribution in [-0.2, 0) is 9.53 Å². The first-order chi connectivity index (χ1) is 7.47. The molecule has 0 aromatic heterocycles. The molecule has 16 heavy (non-hydrogen) atoms. The second-order valence-electron chi connectivity index (χ2n) is 5.38. The van der Waals surface area contributed by atoms with Gasteiger partial charge in [-0.05, 0) is 39.0 Å². The molecular weight excluding hydrogens is 202 g/mol. The van der Waals surface area contributed by atoms with Crippen LogP contribution < -0.4 is 0 Å². The SMILES string of the molecule is CCC(C)(C)N(C)C(=O)CC1CCOCC1. The number of ether oxygens (including phenoxy) is 1. The zero-order valence-corrected chi connectivity index (χ0v) is 11.1. The van der Waals surface area contributed by atoms with Gasteiger partial charge in [-0.1, -0.05) is 6.92 Å². The van der Waals surface area contributed by atoms with Crippen LogP contribution in [0.25, 0.3) is 0 Å². The average molecular weight is 227 g/mol. The second-order valence-corrected chi connectivity index (χ2v) is 5.38. The summed E-state index contributed by atoms with van der Waals surface area (Å²) in [6.07, 6.45) is 3.74. The molecule has 3 nitrogen and oxygen atoms in total. The fraction of sp³-hybridized carbons (Fsp3) is 0.923. The number of rotatable bonds is 4. The molecule has 3 heteroatoms. The standard InChI is InChI=1S/C13H25NO2/c1-5-13(2,3)14(4)12(15)10-11-6-8-16-9-7-11/h11H,5-10H2,1-4H3. The summed E-state index contributed by atoms with van der Waals surface area (Å²) in [6, 6.07) is 0. The molecule has 1 saturated heterocycles. The van der Waals surface area contributed by atoms with Crippen molar-refractivity contribution in [2.45, 2.75) is 52.0 Å². The molecule has 0 aromatic rings. The van der Waals surface area contributed by atoms with Crippen molar-refractivity contribution in [1.82, 2.24) is 4.90 Å². The van der Waals surface area contributed by atoms with Crippen molar-refractivity contribution in [1.29, 1.82) is 0 Å². The van der Waals surface area contributed by atoms with Gasteiger partial charge in [0.1, 0.15) is 0 Å². The number of hydrogen-bond donors (Lipinski definition) is 0. The van der Waals surface area contributed by atoms with Crippen LogP contribution in [-0.4, -0.2) is 36.6 Å². The van der Waals surface area contributed by atoms with Gasteiger partial charge in [0.25, 0.3) is 0 Å². The highest BCUT2D eigenvalue weighted by Gasteiger charge is 2.27. The minimum atomic E-state index is -0.0255. The van der Waals surface area contributed by atoms with Crippen molar-refractivity contribution in [2.75, 3.05) is 20.3 Å². The number of hydrogen-bond acceptors (Lipinski definition) is 2. The Labute approximate surface area is 99.1 Å². The first kappa shape index (κ1) is 13.5. The predicted octanol–water partition coefficient (Wildman–Crippen LogP) is 2.45. The van der Waals surface area contributed by atoms with Crippen molar-refractivity contribution < 1.29 is 9.53 Å². The van der Waals surface area contributed by atoms with E-state index in [1.807, 2.05) is 11.9 Å². The summed E-state index contributed by atoms with van der Waals surface area (Å²) in [6.45, 7) is 8.00. The van der Waals surface area contributed by atoms with E-state index in [9.17, 15) is 4.79 Å². The van der Waals surface area contributed by atoms with E-state index < -0.39 is 0 Å². The third kappa shape index (κ3) is 3.48. The molecule has 1 amide bonds. The van der Waals surface area contributed by atoms with Gasteiger partial charge in [0.05, 0.1) is 0 Å². The monoisotopic (exact) mass is 227 g/mol. The molecule has 0 unspecified atom stereocenters. The molecule has 0 atom stereocenters. The van der Waals surface area contributed by atoms with Crippen LogP contribution in [0.3, 0.4) is 0 Å². The minimum absolute atomic E-state index is 0.0255. The van der Waals surface area contributed by atoms with Crippen LogP contribution in [0.1, 0.15) is 46.5 Å². The van der Waals surface area contributed by atoms with Crippen LogP contribution in [0.5, 0.6) is 0 Å². The van der Waals surface area contributed by atoms with E-state index in [-0.39, 0.29) is 11.4 Å².